The lowest BCUT2D eigenvalue weighted by molar-refractivity contribution is -0.156. The number of anilines is 1. The maximum absolute atomic E-state index is 12.1. The molecule has 4 N–H and O–H groups in total. The van der Waals surface area contributed by atoms with Crippen molar-refractivity contribution in [2.24, 2.45) is 11.8 Å². The molecule has 9 heteroatoms. The number of hydrogen-bond donors (Lipinski definition) is 3. The van der Waals surface area contributed by atoms with Crippen LogP contribution in [0.5, 0.6) is 11.5 Å². The number of esters is 2. The fraction of sp³-hybridized carbons (Fsp3) is 0.581. The van der Waals surface area contributed by atoms with E-state index in [2.05, 4.69) is 4.98 Å². The highest BCUT2D eigenvalue weighted by Crippen LogP contribution is 2.37. The van der Waals surface area contributed by atoms with Crippen LogP contribution in [0.15, 0.2) is 30.5 Å². The van der Waals surface area contributed by atoms with Crippen LogP contribution in [-0.2, 0) is 25.5 Å². The molecule has 0 saturated heterocycles. The molecule has 220 valence electrons. The first-order chi connectivity index (χ1) is 19.2. The number of ether oxygens (including phenoxy) is 3. The summed E-state index contributed by atoms with van der Waals surface area (Å²) in [4.78, 5) is 28.3. The van der Waals surface area contributed by atoms with Crippen molar-refractivity contribution in [3.05, 3.63) is 36.0 Å². The monoisotopic (exact) mass is 556 g/mol. The third-order valence-corrected chi connectivity index (χ3v) is 7.76. The maximum atomic E-state index is 12.1. The number of benzene rings is 1. The summed E-state index contributed by atoms with van der Waals surface area (Å²) < 4.78 is 17.0. The zero-order chi connectivity index (χ0) is 29.1. The van der Waals surface area contributed by atoms with Crippen molar-refractivity contribution in [1.82, 2.24) is 4.98 Å². The number of nitrogens with two attached hydrogens (primary N) is 1. The van der Waals surface area contributed by atoms with Gasteiger partial charge in [-0.2, -0.15) is 0 Å². The second kappa shape index (κ2) is 15.5. The number of aromatic hydroxyl groups is 1. The second-order valence-electron chi connectivity index (χ2n) is 10.8. The smallest absolute Gasteiger partial charge is 0.302 e. The minimum atomic E-state index is -0.487. The zero-order valence-corrected chi connectivity index (χ0v) is 23.9. The fourth-order valence-electron chi connectivity index (χ4n) is 5.91. The van der Waals surface area contributed by atoms with Gasteiger partial charge in [-0.05, 0) is 84.9 Å². The van der Waals surface area contributed by atoms with Crippen LogP contribution in [0, 0.1) is 11.8 Å². The number of phenols is 1. The van der Waals surface area contributed by atoms with E-state index in [0.29, 0.717) is 36.7 Å². The van der Waals surface area contributed by atoms with Gasteiger partial charge in [-0.3, -0.25) is 9.59 Å². The summed E-state index contributed by atoms with van der Waals surface area (Å²) in [5.74, 6) is 0.459. The summed E-state index contributed by atoms with van der Waals surface area (Å²) in [5.41, 5.74) is 8.38. The Morgan fingerprint density at radius 1 is 1.10 bits per heavy atom. The lowest BCUT2D eigenvalue weighted by Gasteiger charge is -2.33. The van der Waals surface area contributed by atoms with Crippen LogP contribution in [0.2, 0.25) is 0 Å². The molecule has 1 aliphatic rings. The number of pyridine rings is 1. The summed E-state index contributed by atoms with van der Waals surface area (Å²) >= 11 is 0. The summed E-state index contributed by atoms with van der Waals surface area (Å²) in [5, 5.41) is 20.1. The van der Waals surface area contributed by atoms with Gasteiger partial charge < -0.3 is 30.2 Å². The number of nitrogen functional groups attached to an aromatic ring is 1. The SMILES string of the molecule is COc1cc(CCC(CC(OC(C)=O)C2CCCCCC(CCO)C2)OC(C)=O)c(-c2ccnc(N)c2)cc1O. The molecule has 1 aromatic carbocycles. The van der Waals surface area contributed by atoms with Crippen LogP contribution in [0.25, 0.3) is 11.1 Å². The van der Waals surface area contributed by atoms with Gasteiger partial charge in [0.05, 0.1) is 7.11 Å². The van der Waals surface area contributed by atoms with E-state index in [4.69, 9.17) is 19.9 Å². The molecule has 0 bridgehead atoms. The molecule has 1 aliphatic carbocycles. The lowest BCUT2D eigenvalue weighted by Crippen LogP contribution is -2.34. The van der Waals surface area contributed by atoms with E-state index in [1.807, 2.05) is 6.07 Å². The van der Waals surface area contributed by atoms with E-state index in [0.717, 1.165) is 61.6 Å². The molecule has 0 radical (unpaired) electrons. The average molecular weight is 557 g/mol. The zero-order valence-electron chi connectivity index (χ0n) is 23.9. The van der Waals surface area contributed by atoms with E-state index >= 15 is 0 Å². The van der Waals surface area contributed by atoms with Gasteiger partial charge in [0.15, 0.2) is 11.5 Å². The Kier molecular flexibility index (Phi) is 12.1. The summed E-state index contributed by atoms with van der Waals surface area (Å²) in [6.07, 6.45) is 9.02. The van der Waals surface area contributed by atoms with Gasteiger partial charge in [0.1, 0.15) is 18.0 Å². The molecule has 2 aromatic rings. The minimum Gasteiger partial charge on any atom is -0.504 e. The molecule has 40 heavy (non-hydrogen) atoms. The molecule has 0 spiro atoms. The molecule has 4 unspecified atom stereocenters. The molecule has 4 atom stereocenters. The molecule has 1 heterocycles. The predicted molar refractivity (Wildman–Crippen MR) is 153 cm³/mol. The van der Waals surface area contributed by atoms with Gasteiger partial charge in [-0.1, -0.05) is 25.7 Å². The van der Waals surface area contributed by atoms with Crippen LogP contribution in [0.1, 0.15) is 77.2 Å². The highest BCUT2D eigenvalue weighted by Gasteiger charge is 2.31. The van der Waals surface area contributed by atoms with Crippen LogP contribution < -0.4 is 10.5 Å². The number of rotatable bonds is 12. The standard InChI is InChI=1S/C31H44N2O7/c1-20(35)39-26(18-29(40-21(2)36)25-8-6-4-5-7-22(15-25)12-14-34)10-9-23-16-30(38-3)28(37)19-27(23)24-11-13-33-31(32)17-24/h11,13,16-17,19,22,25-26,29,34,37H,4-10,12,14-15,18H2,1-3H3,(H2,32,33). The molecule has 1 fully saturated rings. The Morgan fingerprint density at radius 2 is 1.85 bits per heavy atom. The number of hydrogen-bond acceptors (Lipinski definition) is 9. The van der Waals surface area contributed by atoms with Crippen molar-refractivity contribution in [1.29, 1.82) is 0 Å². The number of aliphatic hydroxyl groups excluding tert-OH is 1. The number of nitrogens with zero attached hydrogens (tertiary/aromatic N) is 1. The average Bonchev–Trinajstić information content (AvgIpc) is 2.88. The Bertz CT molecular complexity index is 1120. The second-order valence-corrected chi connectivity index (χ2v) is 10.8. The van der Waals surface area contributed by atoms with Crippen molar-refractivity contribution in [2.75, 3.05) is 19.5 Å². The van der Waals surface area contributed by atoms with Gasteiger partial charge in [0, 0.05) is 33.1 Å². The molecule has 1 saturated carbocycles. The lowest BCUT2D eigenvalue weighted by atomic mass is 9.78. The van der Waals surface area contributed by atoms with Gasteiger partial charge in [0.2, 0.25) is 0 Å². The first-order valence-electron chi connectivity index (χ1n) is 14.3. The van der Waals surface area contributed by atoms with Gasteiger partial charge in [0.25, 0.3) is 0 Å². The van der Waals surface area contributed by atoms with Gasteiger partial charge >= 0.3 is 11.9 Å². The molecular formula is C31H44N2O7. The fourth-order valence-corrected chi connectivity index (χ4v) is 5.91. The molecule has 3 rings (SSSR count). The summed E-state index contributed by atoms with van der Waals surface area (Å²) in [7, 11) is 1.49. The largest absolute Gasteiger partial charge is 0.504 e. The molecule has 0 aliphatic heterocycles. The van der Waals surface area contributed by atoms with E-state index < -0.39 is 18.2 Å². The first kappa shape index (κ1) is 31.2. The van der Waals surface area contributed by atoms with E-state index in [9.17, 15) is 19.8 Å². The molecule has 9 nitrogen and oxygen atoms in total. The Balaban J connectivity index is 1.86. The van der Waals surface area contributed by atoms with Crippen LogP contribution in [0.4, 0.5) is 5.82 Å². The number of aliphatic hydroxyl groups is 1. The molecular weight excluding hydrogens is 512 g/mol. The summed E-state index contributed by atoms with van der Waals surface area (Å²) in [6.45, 7) is 2.94. The number of carbonyl (C=O) groups is 2. The number of aryl methyl sites for hydroxylation is 1. The normalized spacial score (nSPS) is 19.1. The van der Waals surface area contributed by atoms with Crippen LogP contribution >= 0.6 is 0 Å². The van der Waals surface area contributed by atoms with Gasteiger partial charge in [-0.25, -0.2) is 4.98 Å². The highest BCUT2D eigenvalue weighted by molar-refractivity contribution is 5.72. The Hall–Kier alpha value is -3.33. The Morgan fingerprint density at radius 3 is 2.52 bits per heavy atom. The third-order valence-electron chi connectivity index (χ3n) is 7.76. The number of carbonyl (C=O) groups excluding carboxylic acids is 2. The molecule has 0 amide bonds. The van der Waals surface area contributed by atoms with Crippen molar-refractivity contribution in [3.63, 3.8) is 0 Å². The van der Waals surface area contributed by atoms with E-state index in [1.54, 1.807) is 24.4 Å². The maximum Gasteiger partial charge on any atom is 0.302 e. The third kappa shape index (κ3) is 9.40. The van der Waals surface area contributed by atoms with Crippen LogP contribution in [0.3, 0.4) is 0 Å². The van der Waals surface area contributed by atoms with Crippen molar-refractivity contribution in [3.8, 4) is 22.6 Å². The highest BCUT2D eigenvalue weighted by atomic mass is 16.6. The first-order valence-corrected chi connectivity index (χ1v) is 14.3. The van der Waals surface area contributed by atoms with E-state index in [1.165, 1.54) is 21.0 Å². The van der Waals surface area contributed by atoms with Crippen molar-refractivity contribution < 1.29 is 34.0 Å². The quantitative estimate of drug-likeness (QED) is 0.301. The predicted octanol–water partition coefficient (Wildman–Crippen LogP) is 5.20. The van der Waals surface area contributed by atoms with Crippen molar-refractivity contribution >= 4 is 17.8 Å². The van der Waals surface area contributed by atoms with Crippen LogP contribution in [-0.4, -0.2) is 53.1 Å². The number of aromatic nitrogens is 1. The minimum absolute atomic E-state index is 0.00445. The van der Waals surface area contributed by atoms with E-state index in [-0.39, 0.29) is 24.2 Å². The molecule has 1 aromatic heterocycles. The van der Waals surface area contributed by atoms with Gasteiger partial charge in [-0.15, -0.1) is 0 Å². The summed E-state index contributed by atoms with van der Waals surface area (Å²) in [6, 6.07) is 6.98. The topological polar surface area (TPSA) is 141 Å². The van der Waals surface area contributed by atoms with Crippen molar-refractivity contribution in [2.45, 2.75) is 90.3 Å². The number of phenolic OH excluding ortho intramolecular Hbond substituents is 1. The number of methoxy groups -OCH3 is 1. The Labute approximate surface area is 237 Å².